The van der Waals surface area contributed by atoms with E-state index in [9.17, 15) is 0 Å². The van der Waals surface area contributed by atoms with Crippen molar-refractivity contribution in [1.29, 1.82) is 5.41 Å². The van der Waals surface area contributed by atoms with Crippen molar-refractivity contribution in [2.75, 3.05) is 0 Å². The van der Waals surface area contributed by atoms with Gasteiger partial charge in [-0.25, -0.2) is 4.99 Å². The molecule has 3 heteroatoms. The van der Waals surface area contributed by atoms with Crippen molar-refractivity contribution in [2.45, 2.75) is 0 Å². The van der Waals surface area contributed by atoms with Gasteiger partial charge in [0.25, 0.3) is 0 Å². The zero-order valence-electron chi connectivity index (χ0n) is 36.6. The molecule has 12 aromatic rings. The summed E-state index contributed by atoms with van der Waals surface area (Å²) in [6.07, 6.45) is 4.17. The molecule has 0 saturated carbocycles. The van der Waals surface area contributed by atoms with Crippen molar-refractivity contribution in [3.63, 3.8) is 0 Å². The molecule has 0 unspecified atom stereocenters. The largest absolute Gasteiger partial charge is 0.309 e. The third kappa shape index (κ3) is 7.39. The van der Waals surface area contributed by atoms with E-state index in [0.29, 0.717) is 5.71 Å². The first-order chi connectivity index (χ1) is 33.1. The number of hydrogen-bond donors (Lipinski definition) is 1. The van der Waals surface area contributed by atoms with Gasteiger partial charge in [-0.1, -0.05) is 194 Å². The molecule has 314 valence electrons. The molecule has 0 fully saturated rings. The first-order valence-electron chi connectivity index (χ1n) is 22.8. The number of nitrogens with one attached hydrogen (secondary N) is 1. The van der Waals surface area contributed by atoms with Gasteiger partial charge >= 0.3 is 0 Å². The summed E-state index contributed by atoms with van der Waals surface area (Å²) >= 11 is 0. The van der Waals surface area contributed by atoms with Gasteiger partial charge in [0.05, 0.1) is 16.7 Å². The van der Waals surface area contributed by atoms with Gasteiger partial charge in [0.1, 0.15) is 0 Å². The molecule has 0 amide bonds. The van der Waals surface area contributed by atoms with Crippen LogP contribution in [0.3, 0.4) is 0 Å². The number of allylic oxidation sites excluding steroid dienone is 1. The number of nitrogens with zero attached hydrogens (tertiary/aromatic N) is 2. The van der Waals surface area contributed by atoms with Gasteiger partial charge in [-0.2, -0.15) is 0 Å². The Hall–Kier alpha value is -8.92. The third-order valence-electron chi connectivity index (χ3n) is 13.0. The summed E-state index contributed by atoms with van der Waals surface area (Å²) in [6, 6.07) is 86.1. The smallest absolute Gasteiger partial charge is 0.152 e. The van der Waals surface area contributed by atoms with Crippen molar-refractivity contribution >= 4 is 71.7 Å². The van der Waals surface area contributed by atoms with Crippen LogP contribution in [0.1, 0.15) is 16.7 Å². The molecule has 1 N–H and O–H groups in total. The Balaban J connectivity index is 0.917. The highest BCUT2D eigenvalue weighted by atomic mass is 15.0. The standard InChI is InChI=1S/C64H43N3/c65-64(45-18-3-1-4-19-45)66-60(51-24-14-22-47(39-51)49-34-37-62-59(41-49)56-30-11-12-31-61(56)67(62)53-26-5-2-6-27-53)36-32-43-16-13-21-46(38-43)48-23-15-25-52(40-48)63-55-29-10-8-20-50(55)42-58-54-28-9-7-17-44(54)33-35-57(58)63/h1-42,65H/b36-32+,65-64?,66-60?. The van der Waals surface area contributed by atoms with E-state index in [4.69, 9.17) is 10.4 Å². The van der Waals surface area contributed by atoms with Crippen molar-refractivity contribution in [1.82, 2.24) is 4.57 Å². The van der Waals surface area contributed by atoms with Gasteiger partial charge in [-0.15, -0.1) is 0 Å². The number of benzene rings is 11. The lowest BCUT2D eigenvalue weighted by molar-refractivity contribution is 1.18. The Morgan fingerprint density at radius 2 is 0.985 bits per heavy atom. The fourth-order valence-corrected chi connectivity index (χ4v) is 9.83. The molecule has 0 atom stereocenters. The van der Waals surface area contributed by atoms with E-state index in [0.717, 1.165) is 44.6 Å². The third-order valence-corrected chi connectivity index (χ3v) is 13.0. The summed E-state index contributed by atoms with van der Waals surface area (Å²) in [5.74, 6) is 0.209. The van der Waals surface area contributed by atoms with E-state index >= 15 is 0 Å². The van der Waals surface area contributed by atoms with Crippen LogP contribution in [0.25, 0.3) is 99.3 Å². The number of para-hydroxylation sites is 2. The molecule has 0 aliphatic carbocycles. The van der Waals surface area contributed by atoms with Gasteiger partial charge in [0.2, 0.25) is 0 Å². The molecule has 1 heterocycles. The maximum absolute atomic E-state index is 9.10. The summed E-state index contributed by atoms with van der Waals surface area (Å²) in [4.78, 5) is 5.00. The predicted molar refractivity (Wildman–Crippen MR) is 285 cm³/mol. The minimum absolute atomic E-state index is 0.209. The van der Waals surface area contributed by atoms with Crippen LogP contribution >= 0.6 is 0 Å². The van der Waals surface area contributed by atoms with E-state index in [1.165, 1.54) is 65.3 Å². The minimum atomic E-state index is 0.209. The highest BCUT2D eigenvalue weighted by molar-refractivity contribution is 6.21. The highest BCUT2D eigenvalue weighted by Gasteiger charge is 2.16. The Bertz CT molecular complexity index is 3930. The van der Waals surface area contributed by atoms with Crippen LogP contribution in [0.4, 0.5) is 0 Å². The number of aromatic nitrogens is 1. The maximum atomic E-state index is 9.10. The zero-order valence-corrected chi connectivity index (χ0v) is 36.6. The van der Waals surface area contributed by atoms with E-state index in [2.05, 4.69) is 229 Å². The van der Waals surface area contributed by atoms with Gasteiger partial charge < -0.3 is 4.57 Å². The van der Waals surface area contributed by atoms with Crippen LogP contribution < -0.4 is 0 Å². The summed E-state index contributed by atoms with van der Waals surface area (Å²) in [5.41, 5.74) is 13.8. The Kier molecular flexibility index (Phi) is 10.00. The zero-order chi connectivity index (χ0) is 44.7. The van der Waals surface area contributed by atoms with Crippen LogP contribution in [-0.2, 0) is 0 Å². The fraction of sp³-hybridized carbons (Fsp3) is 0. The molecule has 0 aliphatic rings. The van der Waals surface area contributed by atoms with Gasteiger partial charge in [0, 0.05) is 27.6 Å². The molecular formula is C64H43N3. The van der Waals surface area contributed by atoms with Gasteiger partial charge in [-0.3, -0.25) is 5.41 Å². The molecule has 0 spiro atoms. The number of aliphatic imine (C=N–C) groups is 1. The lowest BCUT2D eigenvalue weighted by Gasteiger charge is -2.15. The summed E-state index contributed by atoms with van der Waals surface area (Å²) in [6.45, 7) is 0. The van der Waals surface area contributed by atoms with Crippen molar-refractivity contribution in [3.05, 3.63) is 265 Å². The molecular weight excluding hydrogens is 811 g/mol. The first kappa shape index (κ1) is 39.7. The summed E-state index contributed by atoms with van der Waals surface area (Å²) < 4.78 is 2.34. The molecule has 0 bridgehead atoms. The Labute approximate surface area is 389 Å². The topological polar surface area (TPSA) is 41.1 Å². The fourth-order valence-electron chi connectivity index (χ4n) is 9.83. The molecule has 67 heavy (non-hydrogen) atoms. The van der Waals surface area contributed by atoms with Crippen molar-refractivity contribution in [3.8, 4) is 39.1 Å². The Morgan fingerprint density at radius 1 is 0.373 bits per heavy atom. The minimum Gasteiger partial charge on any atom is -0.309 e. The van der Waals surface area contributed by atoms with Crippen molar-refractivity contribution < 1.29 is 0 Å². The normalized spacial score (nSPS) is 12.0. The van der Waals surface area contributed by atoms with Gasteiger partial charge in [-0.05, 0) is 132 Å². The molecule has 0 saturated heterocycles. The van der Waals surface area contributed by atoms with Crippen LogP contribution in [0.2, 0.25) is 0 Å². The molecule has 0 radical (unpaired) electrons. The van der Waals surface area contributed by atoms with Gasteiger partial charge in [0.15, 0.2) is 5.84 Å². The average Bonchev–Trinajstić information content (AvgIpc) is 3.73. The lowest BCUT2D eigenvalue weighted by atomic mass is 9.89. The second kappa shape index (κ2) is 16.9. The number of amidine groups is 1. The van der Waals surface area contributed by atoms with Crippen LogP contribution in [0.5, 0.6) is 0 Å². The summed E-state index contributed by atoms with van der Waals surface area (Å²) in [5, 5.41) is 19.0. The van der Waals surface area contributed by atoms with Crippen LogP contribution in [0, 0.1) is 5.41 Å². The Morgan fingerprint density at radius 3 is 1.82 bits per heavy atom. The predicted octanol–water partition coefficient (Wildman–Crippen LogP) is 16.8. The molecule has 11 aromatic carbocycles. The van der Waals surface area contributed by atoms with E-state index in [1.807, 2.05) is 30.3 Å². The maximum Gasteiger partial charge on any atom is 0.152 e. The highest BCUT2D eigenvalue weighted by Crippen LogP contribution is 2.41. The average molecular weight is 854 g/mol. The van der Waals surface area contributed by atoms with E-state index in [1.54, 1.807) is 0 Å². The number of rotatable bonds is 8. The van der Waals surface area contributed by atoms with Crippen LogP contribution in [-0.4, -0.2) is 16.1 Å². The molecule has 3 nitrogen and oxygen atoms in total. The van der Waals surface area contributed by atoms with Crippen molar-refractivity contribution in [2.24, 2.45) is 4.99 Å². The lowest BCUT2D eigenvalue weighted by Crippen LogP contribution is -2.04. The second-order valence-electron chi connectivity index (χ2n) is 17.1. The number of fused-ring (bicyclic) bond motifs is 7. The first-order valence-corrected chi connectivity index (χ1v) is 22.8. The van der Waals surface area contributed by atoms with Crippen LogP contribution in [0.15, 0.2) is 254 Å². The molecule has 12 rings (SSSR count). The molecule has 1 aromatic heterocycles. The SMILES string of the molecule is N=C(N=C(/C=C/c1cccc(-c2cccc(-c3c4ccccc4cc4c3ccc3ccccc34)c2)c1)c1cccc(-c2ccc3c(c2)c2ccccc2n3-c2ccccc2)c1)c1ccccc1. The quantitative estimate of drug-likeness (QED) is 0.0685. The summed E-state index contributed by atoms with van der Waals surface area (Å²) in [7, 11) is 0. The van der Waals surface area contributed by atoms with E-state index in [-0.39, 0.29) is 5.84 Å². The molecule has 0 aliphatic heterocycles. The number of hydrogen-bond acceptors (Lipinski definition) is 1. The van der Waals surface area contributed by atoms with E-state index < -0.39 is 0 Å². The second-order valence-corrected chi connectivity index (χ2v) is 17.1. The monoisotopic (exact) mass is 853 g/mol.